The van der Waals surface area contributed by atoms with Gasteiger partial charge in [0, 0.05) is 23.5 Å². The number of pyridine rings is 2. The summed E-state index contributed by atoms with van der Waals surface area (Å²) in [6, 6.07) is 53.3. The summed E-state index contributed by atoms with van der Waals surface area (Å²) in [5.41, 5.74) is 9.59. The molecule has 0 spiro atoms. The third-order valence-electron chi connectivity index (χ3n) is 9.61. The number of hydrogen-bond donors (Lipinski definition) is 1. The van der Waals surface area contributed by atoms with E-state index in [0.717, 1.165) is 55.6 Å². The number of carboxylic acids is 1. The topological polar surface area (TPSA) is 108 Å². The number of rotatable bonds is 13. The predicted octanol–water partition coefficient (Wildman–Crippen LogP) is 13.2. The van der Waals surface area contributed by atoms with Crippen LogP contribution < -0.4 is 9.47 Å². The Bertz CT molecular complexity index is 2800. The molecule has 0 aliphatic heterocycles. The molecule has 6 aromatic carbocycles. The Morgan fingerprint density at radius 1 is 0.500 bits per heavy atom. The van der Waals surface area contributed by atoms with Gasteiger partial charge in [-0.15, -0.1) is 0 Å². The van der Waals surface area contributed by atoms with Crippen molar-refractivity contribution in [2.45, 2.75) is 20.1 Å². The van der Waals surface area contributed by atoms with Crippen LogP contribution >= 0.6 is 23.2 Å². The molecule has 0 amide bonds. The summed E-state index contributed by atoms with van der Waals surface area (Å²) in [4.78, 5) is 32.5. The molecule has 8 aromatic rings. The highest BCUT2D eigenvalue weighted by Gasteiger charge is 2.18. The molecule has 8 rings (SSSR count). The third-order valence-corrected chi connectivity index (χ3v) is 10.0. The lowest BCUT2D eigenvalue weighted by atomic mass is 9.94. The van der Waals surface area contributed by atoms with Crippen molar-refractivity contribution < 1.29 is 28.9 Å². The molecule has 0 aliphatic rings. The minimum Gasteiger partial charge on any atom is -0.478 e. The number of hydrogen-bond acceptors (Lipinski definition) is 7. The van der Waals surface area contributed by atoms with Crippen LogP contribution in [0.4, 0.5) is 0 Å². The fourth-order valence-electron chi connectivity index (χ4n) is 6.71. The van der Waals surface area contributed by atoms with Crippen LogP contribution in [-0.2, 0) is 18.0 Å². The van der Waals surface area contributed by atoms with Gasteiger partial charge >= 0.3 is 11.9 Å². The second-order valence-electron chi connectivity index (χ2n) is 13.8. The number of aromatic nitrogens is 2. The van der Waals surface area contributed by atoms with Gasteiger partial charge in [-0.2, -0.15) is 0 Å². The van der Waals surface area contributed by atoms with Gasteiger partial charge in [0.25, 0.3) is 0 Å². The van der Waals surface area contributed by atoms with E-state index in [-0.39, 0.29) is 11.5 Å². The molecule has 0 aliphatic carbocycles. The number of nitrogens with zero attached hydrogens (tertiary/aromatic N) is 2. The van der Waals surface area contributed by atoms with Crippen molar-refractivity contribution in [1.82, 2.24) is 9.97 Å². The molecule has 10 heteroatoms. The minimum atomic E-state index is -0.967. The highest BCUT2D eigenvalue weighted by Crippen LogP contribution is 2.40. The molecule has 8 nitrogen and oxygen atoms in total. The van der Waals surface area contributed by atoms with Gasteiger partial charge in [0.15, 0.2) is 0 Å². The van der Waals surface area contributed by atoms with Crippen LogP contribution in [0.3, 0.4) is 0 Å². The van der Waals surface area contributed by atoms with Crippen molar-refractivity contribution in [3.8, 4) is 56.3 Å². The predicted molar refractivity (Wildman–Crippen MR) is 245 cm³/mol. The molecule has 0 fully saturated rings. The Morgan fingerprint density at radius 3 is 1.37 bits per heavy atom. The van der Waals surface area contributed by atoms with Crippen molar-refractivity contribution in [3.05, 3.63) is 215 Å². The van der Waals surface area contributed by atoms with E-state index < -0.39 is 5.97 Å². The van der Waals surface area contributed by atoms with E-state index in [4.69, 9.17) is 37.4 Å². The van der Waals surface area contributed by atoms with Crippen LogP contribution in [0, 0.1) is 0 Å². The van der Waals surface area contributed by atoms with E-state index in [2.05, 4.69) is 9.97 Å². The Kier molecular flexibility index (Phi) is 14.4. The first-order valence-corrected chi connectivity index (χ1v) is 20.5. The lowest BCUT2D eigenvalue weighted by Gasteiger charge is -2.15. The van der Waals surface area contributed by atoms with Crippen molar-refractivity contribution in [2.24, 2.45) is 0 Å². The molecule has 0 unspecified atom stereocenters. The summed E-state index contributed by atoms with van der Waals surface area (Å²) < 4.78 is 17.3. The van der Waals surface area contributed by atoms with E-state index in [0.29, 0.717) is 47.2 Å². The average Bonchev–Trinajstić information content (AvgIpc) is 3.31. The molecule has 308 valence electrons. The van der Waals surface area contributed by atoms with Gasteiger partial charge in [0.05, 0.1) is 27.8 Å². The molecule has 0 saturated carbocycles. The minimum absolute atomic E-state index is 0.229. The molecule has 2 aromatic heterocycles. The van der Waals surface area contributed by atoms with Crippen LogP contribution in [0.5, 0.6) is 11.8 Å². The Morgan fingerprint density at radius 2 is 0.919 bits per heavy atom. The molecule has 0 atom stereocenters. The summed E-state index contributed by atoms with van der Waals surface area (Å²) in [6.07, 6.45) is 3.13. The number of carbonyl (C=O) groups excluding carboxylic acids is 1. The molecule has 1 N–H and O–H groups in total. The Labute approximate surface area is 370 Å². The van der Waals surface area contributed by atoms with Gasteiger partial charge in [0.2, 0.25) is 11.8 Å². The summed E-state index contributed by atoms with van der Waals surface area (Å²) in [7, 11) is 0. The normalized spacial score (nSPS) is 10.6. The second-order valence-corrected chi connectivity index (χ2v) is 14.7. The Hall–Kier alpha value is -7.26. The van der Waals surface area contributed by atoms with E-state index in [9.17, 15) is 14.7 Å². The van der Waals surface area contributed by atoms with Crippen LogP contribution in [0.15, 0.2) is 182 Å². The fraction of sp³-hybridized carbons (Fsp3) is 0.0769. The van der Waals surface area contributed by atoms with Gasteiger partial charge < -0.3 is 19.3 Å². The first-order valence-electron chi connectivity index (χ1n) is 19.7. The van der Waals surface area contributed by atoms with Gasteiger partial charge in [0.1, 0.15) is 13.2 Å². The maximum absolute atomic E-state index is 12.2. The lowest BCUT2D eigenvalue weighted by molar-refractivity contribution is 0.0525. The quantitative estimate of drug-likeness (QED) is 0.114. The number of esters is 1. The zero-order chi connectivity index (χ0) is 43.3. The average molecular weight is 860 g/mol. The molecule has 0 bridgehead atoms. The summed E-state index contributed by atoms with van der Waals surface area (Å²) in [5, 5.41) is 10.4. The molecule has 62 heavy (non-hydrogen) atoms. The molecule has 2 heterocycles. The SMILES string of the molecule is CCOC(=O)c1cccc(-c2ccccc2-c2cc(Cl)cnc2OCc2ccccc2)c1.O=C(O)c1cccc(-c2ccccc2-c2cc(Cl)cnc2OCc2ccccc2)c1. The van der Waals surface area contributed by atoms with Crippen molar-refractivity contribution in [1.29, 1.82) is 0 Å². The number of aromatic carboxylic acids is 1. The van der Waals surface area contributed by atoms with Gasteiger partial charge in [-0.05, 0) is 87.8 Å². The zero-order valence-electron chi connectivity index (χ0n) is 33.6. The number of ether oxygens (including phenoxy) is 3. The van der Waals surface area contributed by atoms with Gasteiger partial charge in [-0.25, -0.2) is 19.6 Å². The fourth-order valence-corrected chi connectivity index (χ4v) is 7.02. The van der Waals surface area contributed by atoms with Gasteiger partial charge in [-0.3, -0.25) is 0 Å². The maximum Gasteiger partial charge on any atom is 0.338 e. The first kappa shape index (κ1) is 42.8. The molecular formula is C52H40Cl2N2O6. The second kappa shape index (κ2) is 20.8. The highest BCUT2D eigenvalue weighted by atomic mass is 35.5. The number of carbonyl (C=O) groups is 2. The van der Waals surface area contributed by atoms with Crippen LogP contribution in [-0.4, -0.2) is 33.6 Å². The van der Waals surface area contributed by atoms with E-state index >= 15 is 0 Å². The standard InChI is InChI=1S/C27H22ClNO3.C25H18ClNO3/c1-2-31-27(30)21-12-8-11-20(15-21)23-13-6-7-14-24(23)25-16-22(28)17-29-26(25)32-18-19-9-4-3-5-10-19;26-20-14-23(24(27-15-20)30-16-17-7-2-1-3-8-17)22-12-5-4-11-21(22)18-9-6-10-19(13-18)25(28)29/h3-17H,2,18H2,1H3;1-15H,16H2,(H,28,29). The van der Waals surface area contributed by atoms with E-state index in [1.807, 2.05) is 146 Å². The largest absolute Gasteiger partial charge is 0.478 e. The molecular weight excluding hydrogens is 819 g/mol. The highest BCUT2D eigenvalue weighted by molar-refractivity contribution is 6.31. The van der Waals surface area contributed by atoms with Crippen LogP contribution in [0.2, 0.25) is 10.0 Å². The third kappa shape index (κ3) is 10.9. The lowest BCUT2D eigenvalue weighted by Crippen LogP contribution is -2.04. The van der Waals surface area contributed by atoms with Crippen molar-refractivity contribution in [2.75, 3.05) is 6.61 Å². The van der Waals surface area contributed by atoms with Crippen LogP contribution in [0.1, 0.15) is 38.8 Å². The zero-order valence-corrected chi connectivity index (χ0v) is 35.1. The van der Waals surface area contributed by atoms with Crippen molar-refractivity contribution in [3.63, 3.8) is 0 Å². The van der Waals surface area contributed by atoms with E-state index in [1.54, 1.807) is 43.6 Å². The summed E-state index contributed by atoms with van der Waals surface area (Å²) >= 11 is 12.6. The number of halogens is 2. The summed E-state index contributed by atoms with van der Waals surface area (Å²) in [6.45, 7) is 2.89. The summed E-state index contributed by atoms with van der Waals surface area (Å²) in [5.74, 6) is -0.355. The van der Waals surface area contributed by atoms with Gasteiger partial charge in [-0.1, -0.05) is 157 Å². The van der Waals surface area contributed by atoms with E-state index in [1.165, 1.54) is 0 Å². The number of benzene rings is 6. The maximum atomic E-state index is 12.2. The smallest absolute Gasteiger partial charge is 0.338 e. The number of carboxylic acid groups (broad SMARTS) is 1. The van der Waals surface area contributed by atoms with Crippen LogP contribution in [0.25, 0.3) is 44.5 Å². The molecule has 0 saturated heterocycles. The van der Waals surface area contributed by atoms with Crippen molar-refractivity contribution >= 4 is 35.1 Å². The first-order chi connectivity index (χ1) is 30.3. The Balaban J connectivity index is 0.000000187. The monoisotopic (exact) mass is 858 g/mol. The molecule has 0 radical (unpaired) electrons.